The van der Waals surface area contributed by atoms with E-state index in [1.165, 1.54) is 0 Å². The monoisotopic (exact) mass is 392 g/mol. The molecular weight excluding hydrogens is 364 g/mol. The molecule has 0 radical (unpaired) electrons. The Morgan fingerprint density at radius 1 is 1.07 bits per heavy atom. The van der Waals surface area contributed by atoms with Gasteiger partial charge >= 0.3 is 0 Å². The lowest BCUT2D eigenvalue weighted by Crippen LogP contribution is -2.46. The van der Waals surface area contributed by atoms with Gasteiger partial charge in [0, 0.05) is 29.6 Å². The van der Waals surface area contributed by atoms with E-state index >= 15 is 0 Å². The smallest absolute Gasteiger partial charge is 0.227 e. The molecule has 0 aromatic heterocycles. The van der Waals surface area contributed by atoms with Gasteiger partial charge < -0.3 is 5.32 Å². The fraction of sp³-hybridized carbons (Fsp3) is 0.600. The Kier molecular flexibility index (Phi) is 5.45. The van der Waals surface area contributed by atoms with Crippen molar-refractivity contribution >= 4 is 27.4 Å². The molecule has 0 saturated heterocycles. The van der Waals surface area contributed by atoms with E-state index in [0.717, 1.165) is 23.2 Å². The van der Waals surface area contributed by atoms with Gasteiger partial charge in [-0.05, 0) is 76.6 Å². The van der Waals surface area contributed by atoms with Crippen LogP contribution in [0.15, 0.2) is 18.2 Å². The first-order valence-electron chi connectivity index (χ1n) is 9.56. The summed E-state index contributed by atoms with van der Waals surface area (Å²) < 4.78 is 26.5. The van der Waals surface area contributed by atoms with E-state index in [0.29, 0.717) is 32.1 Å². The van der Waals surface area contributed by atoms with Gasteiger partial charge in [0.2, 0.25) is 15.9 Å². The van der Waals surface area contributed by atoms with Gasteiger partial charge in [-0.15, -0.1) is 0 Å². The lowest BCUT2D eigenvalue weighted by molar-refractivity contribution is -0.120. The number of amides is 1. The number of fused-ring (bicyclic) bond motifs is 1. The zero-order chi connectivity index (χ0) is 19.8. The SMILES string of the molecule is CC(C)(C)S(=O)(=O)NC1CCC(C(=O)Nc2ccc3c(c2)CCC3=O)CC1. The van der Waals surface area contributed by atoms with Crippen LogP contribution in [0.4, 0.5) is 5.69 Å². The summed E-state index contributed by atoms with van der Waals surface area (Å²) >= 11 is 0. The number of nitrogens with one attached hydrogen (secondary N) is 2. The van der Waals surface area contributed by atoms with Crippen LogP contribution < -0.4 is 10.0 Å². The van der Waals surface area contributed by atoms with Gasteiger partial charge in [-0.2, -0.15) is 0 Å². The number of carbonyl (C=O) groups is 2. The Labute approximate surface area is 161 Å². The summed E-state index contributed by atoms with van der Waals surface area (Å²) in [5, 5.41) is 2.95. The third-order valence-corrected chi connectivity index (χ3v) is 7.78. The van der Waals surface area contributed by atoms with Crippen molar-refractivity contribution in [3.63, 3.8) is 0 Å². The molecular formula is C20H28N2O4S. The second-order valence-electron chi connectivity index (χ2n) is 8.57. The van der Waals surface area contributed by atoms with Crippen molar-refractivity contribution in [3.05, 3.63) is 29.3 Å². The van der Waals surface area contributed by atoms with Crippen LogP contribution in [-0.2, 0) is 21.2 Å². The number of carbonyl (C=O) groups excluding carboxylic acids is 2. The van der Waals surface area contributed by atoms with Crippen LogP contribution in [-0.4, -0.2) is 30.9 Å². The number of ketones is 1. The summed E-state index contributed by atoms with van der Waals surface area (Å²) in [6.45, 7) is 5.04. The molecule has 0 heterocycles. The summed E-state index contributed by atoms with van der Waals surface area (Å²) in [5.74, 6) is 0.0191. The number of aryl methyl sites for hydroxylation is 1. The fourth-order valence-electron chi connectivity index (χ4n) is 3.65. The normalized spacial score (nSPS) is 23.1. The number of sulfonamides is 1. The Balaban J connectivity index is 1.54. The fourth-order valence-corrected chi connectivity index (χ4v) is 4.68. The molecule has 2 aliphatic carbocycles. The summed E-state index contributed by atoms with van der Waals surface area (Å²) in [6.07, 6.45) is 3.91. The summed E-state index contributed by atoms with van der Waals surface area (Å²) in [6, 6.07) is 5.35. The molecule has 2 aliphatic rings. The Morgan fingerprint density at radius 3 is 2.37 bits per heavy atom. The van der Waals surface area contributed by atoms with Crippen LogP contribution in [0.25, 0.3) is 0 Å². The first-order chi connectivity index (χ1) is 12.6. The molecule has 3 rings (SSSR count). The average molecular weight is 393 g/mol. The molecule has 1 aromatic rings. The second kappa shape index (κ2) is 7.36. The van der Waals surface area contributed by atoms with Gasteiger partial charge in [0.15, 0.2) is 5.78 Å². The highest BCUT2D eigenvalue weighted by molar-refractivity contribution is 7.90. The van der Waals surface area contributed by atoms with Gasteiger partial charge in [0.25, 0.3) is 0 Å². The third-order valence-electron chi connectivity index (χ3n) is 5.52. The molecule has 1 fully saturated rings. The number of rotatable bonds is 4. The average Bonchev–Trinajstić information content (AvgIpc) is 2.95. The van der Waals surface area contributed by atoms with Gasteiger partial charge in [-0.3, -0.25) is 9.59 Å². The molecule has 7 heteroatoms. The molecule has 1 aromatic carbocycles. The van der Waals surface area contributed by atoms with Crippen molar-refractivity contribution < 1.29 is 18.0 Å². The van der Waals surface area contributed by atoms with E-state index in [1.54, 1.807) is 32.9 Å². The molecule has 1 amide bonds. The molecule has 0 bridgehead atoms. The number of hydrogen-bond acceptors (Lipinski definition) is 4. The van der Waals surface area contributed by atoms with Crippen molar-refractivity contribution in [1.29, 1.82) is 0 Å². The molecule has 2 N–H and O–H groups in total. The van der Waals surface area contributed by atoms with Crippen molar-refractivity contribution in [2.24, 2.45) is 5.92 Å². The van der Waals surface area contributed by atoms with Gasteiger partial charge in [-0.25, -0.2) is 13.1 Å². The Bertz CT molecular complexity index is 847. The zero-order valence-corrected chi connectivity index (χ0v) is 17.0. The minimum absolute atomic E-state index is 0.0311. The topological polar surface area (TPSA) is 92.3 Å². The lowest BCUT2D eigenvalue weighted by Gasteiger charge is -2.30. The molecule has 0 spiro atoms. The van der Waals surface area contributed by atoms with Crippen molar-refractivity contribution in [3.8, 4) is 0 Å². The van der Waals surface area contributed by atoms with E-state index in [1.807, 2.05) is 6.07 Å². The van der Waals surface area contributed by atoms with E-state index < -0.39 is 14.8 Å². The van der Waals surface area contributed by atoms with Crippen LogP contribution in [0.5, 0.6) is 0 Å². The number of anilines is 1. The maximum atomic E-state index is 12.6. The lowest BCUT2D eigenvalue weighted by atomic mass is 9.86. The standard InChI is InChI=1S/C20H28N2O4S/c1-20(2,3)27(25,26)22-15-7-4-13(5-8-15)19(24)21-16-9-10-17-14(12-16)6-11-18(17)23/h9-10,12-13,15,22H,4-8,11H2,1-3H3,(H,21,24). The van der Waals surface area contributed by atoms with Crippen molar-refractivity contribution in [2.45, 2.75) is 70.1 Å². The maximum Gasteiger partial charge on any atom is 0.227 e. The Morgan fingerprint density at radius 2 is 1.74 bits per heavy atom. The summed E-state index contributed by atoms with van der Waals surface area (Å²) in [5.41, 5.74) is 2.49. The van der Waals surface area contributed by atoms with Crippen LogP contribution in [0.2, 0.25) is 0 Å². The van der Waals surface area contributed by atoms with Crippen molar-refractivity contribution in [1.82, 2.24) is 4.72 Å². The highest BCUT2D eigenvalue weighted by atomic mass is 32.2. The van der Waals surface area contributed by atoms with Crippen LogP contribution >= 0.6 is 0 Å². The minimum Gasteiger partial charge on any atom is -0.326 e. The number of benzene rings is 1. The highest BCUT2D eigenvalue weighted by Gasteiger charge is 2.34. The molecule has 148 valence electrons. The molecule has 0 aliphatic heterocycles. The van der Waals surface area contributed by atoms with E-state index in [2.05, 4.69) is 10.0 Å². The van der Waals surface area contributed by atoms with E-state index in [-0.39, 0.29) is 23.7 Å². The minimum atomic E-state index is -3.37. The number of hydrogen-bond donors (Lipinski definition) is 2. The second-order valence-corrected chi connectivity index (χ2v) is 11.0. The van der Waals surface area contributed by atoms with Gasteiger partial charge in [-0.1, -0.05) is 0 Å². The maximum absolute atomic E-state index is 12.6. The van der Waals surface area contributed by atoms with Crippen molar-refractivity contribution in [2.75, 3.05) is 5.32 Å². The first kappa shape index (κ1) is 20.0. The van der Waals surface area contributed by atoms with E-state index in [4.69, 9.17) is 0 Å². The molecule has 6 nitrogen and oxygen atoms in total. The molecule has 27 heavy (non-hydrogen) atoms. The zero-order valence-electron chi connectivity index (χ0n) is 16.2. The van der Waals surface area contributed by atoms with Crippen LogP contribution in [0.1, 0.15) is 68.8 Å². The molecule has 1 saturated carbocycles. The predicted octanol–water partition coefficient (Wildman–Crippen LogP) is 3.03. The van der Waals surface area contributed by atoms with Gasteiger partial charge in [0.1, 0.15) is 0 Å². The molecule has 0 unspecified atom stereocenters. The quantitative estimate of drug-likeness (QED) is 0.824. The highest BCUT2D eigenvalue weighted by Crippen LogP contribution is 2.29. The third kappa shape index (κ3) is 4.41. The van der Waals surface area contributed by atoms with Crippen LogP contribution in [0, 0.1) is 5.92 Å². The summed E-state index contributed by atoms with van der Waals surface area (Å²) in [4.78, 5) is 24.3. The van der Waals surface area contributed by atoms with Gasteiger partial charge in [0.05, 0.1) is 4.75 Å². The predicted molar refractivity (Wildman–Crippen MR) is 105 cm³/mol. The largest absolute Gasteiger partial charge is 0.326 e. The Hall–Kier alpha value is -1.73. The summed E-state index contributed by atoms with van der Waals surface area (Å²) in [7, 11) is -3.37. The number of Topliss-reactive ketones (excluding diaryl/α,β-unsaturated/α-hetero) is 1. The van der Waals surface area contributed by atoms with E-state index in [9.17, 15) is 18.0 Å². The molecule has 0 atom stereocenters. The van der Waals surface area contributed by atoms with Crippen LogP contribution in [0.3, 0.4) is 0 Å². The first-order valence-corrected chi connectivity index (χ1v) is 11.0.